The van der Waals surface area contributed by atoms with Crippen molar-refractivity contribution in [1.29, 1.82) is 0 Å². The van der Waals surface area contributed by atoms with Crippen LogP contribution in [-0.2, 0) is 33.0 Å². The summed E-state index contributed by atoms with van der Waals surface area (Å²) in [7, 11) is 2.00. The number of hydrogen-bond acceptors (Lipinski definition) is 4. The molecule has 3 rings (SSSR count). The number of hydrogen-bond donors (Lipinski definition) is 2. The average Bonchev–Trinajstić information content (AvgIpc) is 3.03. The lowest BCUT2D eigenvalue weighted by Gasteiger charge is -2.18. The maximum atomic E-state index is 4.78. The van der Waals surface area contributed by atoms with Gasteiger partial charge in [0.25, 0.3) is 0 Å². The summed E-state index contributed by atoms with van der Waals surface area (Å²) in [6, 6.07) is 0.245. The fourth-order valence-corrected chi connectivity index (χ4v) is 3.84. The van der Waals surface area contributed by atoms with Crippen molar-refractivity contribution in [3.05, 3.63) is 28.6 Å². The molecular weight excluding hydrogens is 479 g/mol. The molecular formula is C20H35IN8. The van der Waals surface area contributed by atoms with Crippen LogP contribution in [0.15, 0.2) is 4.99 Å². The van der Waals surface area contributed by atoms with E-state index in [1.54, 1.807) is 0 Å². The van der Waals surface area contributed by atoms with Gasteiger partial charge in [-0.15, -0.1) is 34.2 Å². The number of fused-ring (bicyclic) bond motifs is 1. The zero-order valence-corrected chi connectivity index (χ0v) is 20.7. The Balaban J connectivity index is 0.00000300. The second kappa shape index (κ2) is 10.9. The summed E-state index contributed by atoms with van der Waals surface area (Å²) in [5.41, 5.74) is 3.63. The minimum atomic E-state index is 0. The lowest BCUT2D eigenvalue weighted by Crippen LogP contribution is -2.43. The highest BCUT2D eigenvalue weighted by Crippen LogP contribution is 2.15. The van der Waals surface area contributed by atoms with Gasteiger partial charge in [-0.2, -0.15) is 5.10 Å². The van der Waals surface area contributed by atoms with Gasteiger partial charge in [-0.25, -0.2) is 4.99 Å². The summed E-state index contributed by atoms with van der Waals surface area (Å²) < 4.78 is 4.21. The molecule has 1 unspecified atom stereocenters. The Kier molecular flexibility index (Phi) is 8.91. The molecule has 0 spiro atoms. The standard InChI is InChI=1S/C20H34N8.HI/c1-6-21-20(23-14(2)12-17-15(3)26-27(5)16(17)4)22-13-19-25-24-18-10-8-7-9-11-28(18)19;/h14H,6-13H2,1-5H3,(H2,21,22,23);1H. The van der Waals surface area contributed by atoms with Crippen LogP contribution >= 0.6 is 24.0 Å². The van der Waals surface area contributed by atoms with E-state index in [1.165, 1.54) is 30.5 Å². The second-order valence-electron chi connectivity index (χ2n) is 7.71. The molecule has 1 atom stereocenters. The third-order valence-corrected chi connectivity index (χ3v) is 5.46. The lowest BCUT2D eigenvalue weighted by atomic mass is 10.1. The van der Waals surface area contributed by atoms with E-state index < -0.39 is 0 Å². The van der Waals surface area contributed by atoms with Crippen molar-refractivity contribution in [1.82, 2.24) is 35.2 Å². The van der Waals surface area contributed by atoms with Gasteiger partial charge in [-0.05, 0) is 52.5 Å². The first-order chi connectivity index (χ1) is 13.5. The minimum Gasteiger partial charge on any atom is -0.357 e. The molecule has 0 saturated carbocycles. The van der Waals surface area contributed by atoms with Gasteiger partial charge < -0.3 is 15.2 Å². The van der Waals surface area contributed by atoms with Crippen molar-refractivity contribution in [2.24, 2.45) is 12.0 Å². The zero-order valence-electron chi connectivity index (χ0n) is 18.3. The van der Waals surface area contributed by atoms with E-state index in [9.17, 15) is 0 Å². The molecule has 0 aliphatic carbocycles. The van der Waals surface area contributed by atoms with Crippen LogP contribution in [0.25, 0.3) is 0 Å². The first-order valence-corrected chi connectivity index (χ1v) is 10.4. The molecule has 2 aromatic rings. The van der Waals surface area contributed by atoms with Crippen LogP contribution in [-0.4, -0.2) is 43.1 Å². The van der Waals surface area contributed by atoms with Crippen LogP contribution in [0.3, 0.4) is 0 Å². The van der Waals surface area contributed by atoms with Crippen molar-refractivity contribution in [3.63, 3.8) is 0 Å². The van der Waals surface area contributed by atoms with E-state index >= 15 is 0 Å². The predicted molar refractivity (Wildman–Crippen MR) is 127 cm³/mol. The van der Waals surface area contributed by atoms with Gasteiger partial charge in [0.15, 0.2) is 11.8 Å². The quantitative estimate of drug-likeness (QED) is 0.352. The van der Waals surface area contributed by atoms with Crippen molar-refractivity contribution >= 4 is 29.9 Å². The van der Waals surface area contributed by atoms with Crippen LogP contribution in [0.4, 0.5) is 0 Å². The molecule has 8 nitrogen and oxygen atoms in total. The number of nitrogens with one attached hydrogen (secondary N) is 2. The maximum Gasteiger partial charge on any atom is 0.191 e. The third kappa shape index (κ3) is 5.93. The Morgan fingerprint density at radius 2 is 2.00 bits per heavy atom. The van der Waals surface area contributed by atoms with Crippen LogP contribution in [0.1, 0.15) is 61.7 Å². The molecule has 9 heteroatoms. The summed E-state index contributed by atoms with van der Waals surface area (Å²) in [6.07, 6.45) is 5.60. The fraction of sp³-hybridized carbons (Fsp3) is 0.700. The van der Waals surface area contributed by atoms with Gasteiger partial charge in [0.1, 0.15) is 12.4 Å². The number of rotatable bonds is 6. The smallest absolute Gasteiger partial charge is 0.191 e. The molecule has 2 N–H and O–H groups in total. The topological polar surface area (TPSA) is 84.9 Å². The molecule has 3 heterocycles. The highest BCUT2D eigenvalue weighted by atomic mass is 127. The number of aliphatic imine (C=N–C) groups is 1. The molecule has 1 aliphatic heterocycles. The van der Waals surface area contributed by atoms with E-state index in [-0.39, 0.29) is 30.0 Å². The Bertz CT molecular complexity index is 823. The number of aryl methyl sites for hydroxylation is 3. The summed E-state index contributed by atoms with van der Waals surface area (Å²) in [6.45, 7) is 10.8. The monoisotopic (exact) mass is 514 g/mol. The highest BCUT2D eigenvalue weighted by molar-refractivity contribution is 14.0. The normalized spacial score (nSPS) is 15.3. The third-order valence-electron chi connectivity index (χ3n) is 5.46. The molecule has 1 aliphatic rings. The van der Waals surface area contributed by atoms with E-state index in [0.29, 0.717) is 6.54 Å². The summed E-state index contributed by atoms with van der Waals surface area (Å²) in [4.78, 5) is 4.78. The van der Waals surface area contributed by atoms with E-state index in [0.717, 1.165) is 49.2 Å². The van der Waals surface area contributed by atoms with Crippen LogP contribution in [0.2, 0.25) is 0 Å². The molecule has 2 aromatic heterocycles. The second-order valence-corrected chi connectivity index (χ2v) is 7.71. The van der Waals surface area contributed by atoms with Gasteiger partial charge >= 0.3 is 0 Å². The summed E-state index contributed by atoms with van der Waals surface area (Å²) >= 11 is 0. The van der Waals surface area contributed by atoms with E-state index in [4.69, 9.17) is 4.99 Å². The number of nitrogens with zero attached hydrogens (tertiary/aromatic N) is 6. The fourth-order valence-electron chi connectivity index (χ4n) is 3.84. The molecule has 0 fully saturated rings. The predicted octanol–water partition coefficient (Wildman–Crippen LogP) is 2.66. The molecule has 0 radical (unpaired) electrons. The van der Waals surface area contributed by atoms with Crippen LogP contribution in [0.5, 0.6) is 0 Å². The minimum absolute atomic E-state index is 0. The Morgan fingerprint density at radius 1 is 1.21 bits per heavy atom. The van der Waals surface area contributed by atoms with Gasteiger partial charge in [0.05, 0.1) is 5.69 Å². The molecule has 0 amide bonds. The number of guanidine groups is 1. The molecule has 0 saturated heterocycles. The van der Waals surface area contributed by atoms with Gasteiger partial charge in [0, 0.05) is 38.3 Å². The SMILES string of the molecule is CCNC(=NCc1nnc2n1CCCCC2)NC(C)Cc1c(C)nn(C)c1C.I. The molecule has 0 bridgehead atoms. The van der Waals surface area contributed by atoms with Crippen molar-refractivity contribution in [3.8, 4) is 0 Å². The number of halogens is 1. The lowest BCUT2D eigenvalue weighted by molar-refractivity contribution is 0.602. The Labute approximate surface area is 191 Å². The summed E-state index contributed by atoms with van der Waals surface area (Å²) in [5.74, 6) is 2.89. The highest BCUT2D eigenvalue weighted by Gasteiger charge is 2.16. The van der Waals surface area contributed by atoms with Gasteiger partial charge in [-0.1, -0.05) is 6.42 Å². The van der Waals surface area contributed by atoms with Crippen LogP contribution < -0.4 is 10.6 Å². The first kappa shape index (κ1) is 23.6. The van der Waals surface area contributed by atoms with Crippen molar-refractivity contribution in [2.45, 2.75) is 78.9 Å². The van der Waals surface area contributed by atoms with Gasteiger partial charge in [0.2, 0.25) is 0 Å². The van der Waals surface area contributed by atoms with E-state index in [1.807, 2.05) is 11.7 Å². The van der Waals surface area contributed by atoms with Crippen molar-refractivity contribution < 1.29 is 0 Å². The van der Waals surface area contributed by atoms with E-state index in [2.05, 4.69) is 58.2 Å². The van der Waals surface area contributed by atoms with Crippen LogP contribution in [0, 0.1) is 13.8 Å². The van der Waals surface area contributed by atoms with Gasteiger partial charge in [-0.3, -0.25) is 4.68 Å². The average molecular weight is 514 g/mol. The first-order valence-electron chi connectivity index (χ1n) is 10.4. The molecule has 162 valence electrons. The largest absolute Gasteiger partial charge is 0.357 e. The Hall–Kier alpha value is -1.65. The maximum absolute atomic E-state index is 4.78. The van der Waals surface area contributed by atoms with Crippen molar-refractivity contribution in [2.75, 3.05) is 6.54 Å². The molecule has 29 heavy (non-hydrogen) atoms. The summed E-state index contributed by atoms with van der Waals surface area (Å²) in [5, 5.41) is 20.2. The number of aromatic nitrogens is 5. The zero-order chi connectivity index (χ0) is 20.1. The Morgan fingerprint density at radius 3 is 2.69 bits per heavy atom. The molecule has 0 aromatic carbocycles.